The van der Waals surface area contributed by atoms with E-state index < -0.39 is 0 Å². The molecule has 2 rings (SSSR count). The molecule has 0 radical (unpaired) electrons. The molecule has 106 valence electrons. The topological polar surface area (TPSA) is 21.3 Å². The second kappa shape index (κ2) is 7.41. The Morgan fingerprint density at radius 3 is 2.45 bits per heavy atom. The summed E-state index contributed by atoms with van der Waals surface area (Å²) in [6, 6.07) is 12.7. The maximum absolute atomic E-state index is 13.0. The van der Waals surface area contributed by atoms with Gasteiger partial charge in [-0.1, -0.05) is 24.3 Å². The molecule has 0 saturated heterocycles. The van der Waals surface area contributed by atoms with Gasteiger partial charge in [-0.25, -0.2) is 4.39 Å². The number of likely N-dealkylation sites (N-methyl/N-ethyl adjacent to an activating group) is 1. The highest BCUT2D eigenvalue weighted by Gasteiger charge is 2.03. The van der Waals surface area contributed by atoms with E-state index in [0.717, 1.165) is 18.5 Å². The first kappa shape index (κ1) is 15.0. The summed E-state index contributed by atoms with van der Waals surface area (Å²) in [4.78, 5) is 0. The Morgan fingerprint density at radius 1 is 1.10 bits per heavy atom. The van der Waals surface area contributed by atoms with Crippen LogP contribution in [0.15, 0.2) is 46.9 Å². The SMILES string of the molecule is CNCCc1ccc(COc2ccc(F)cc2Br)cc1. The molecule has 2 nitrogen and oxygen atoms in total. The van der Waals surface area contributed by atoms with Gasteiger partial charge in [0.05, 0.1) is 4.47 Å². The van der Waals surface area contributed by atoms with Gasteiger partial charge < -0.3 is 10.1 Å². The van der Waals surface area contributed by atoms with E-state index in [0.29, 0.717) is 16.8 Å². The summed E-state index contributed by atoms with van der Waals surface area (Å²) in [5, 5.41) is 3.13. The van der Waals surface area contributed by atoms with E-state index in [9.17, 15) is 4.39 Å². The summed E-state index contributed by atoms with van der Waals surface area (Å²) >= 11 is 3.29. The van der Waals surface area contributed by atoms with Gasteiger partial charge in [-0.3, -0.25) is 0 Å². The summed E-state index contributed by atoms with van der Waals surface area (Å²) in [6.45, 7) is 1.44. The van der Waals surface area contributed by atoms with Crippen molar-refractivity contribution in [2.45, 2.75) is 13.0 Å². The van der Waals surface area contributed by atoms with E-state index in [2.05, 4.69) is 45.5 Å². The van der Waals surface area contributed by atoms with Crippen LogP contribution in [0.25, 0.3) is 0 Å². The van der Waals surface area contributed by atoms with Crippen LogP contribution in [0.3, 0.4) is 0 Å². The van der Waals surface area contributed by atoms with Crippen LogP contribution in [0, 0.1) is 5.82 Å². The minimum atomic E-state index is -0.280. The Kier molecular flexibility index (Phi) is 5.56. The van der Waals surface area contributed by atoms with Crippen molar-refractivity contribution in [1.82, 2.24) is 5.32 Å². The molecule has 1 N–H and O–H groups in total. The number of hydrogen-bond donors (Lipinski definition) is 1. The quantitative estimate of drug-likeness (QED) is 0.862. The van der Waals surface area contributed by atoms with Crippen molar-refractivity contribution in [1.29, 1.82) is 0 Å². The molecule has 0 heterocycles. The normalized spacial score (nSPS) is 10.6. The molecule has 0 amide bonds. The fourth-order valence-corrected chi connectivity index (χ4v) is 2.29. The first-order valence-corrected chi connectivity index (χ1v) is 7.28. The van der Waals surface area contributed by atoms with Crippen molar-refractivity contribution in [3.05, 3.63) is 63.9 Å². The predicted octanol–water partition coefficient (Wildman–Crippen LogP) is 3.93. The van der Waals surface area contributed by atoms with Crippen molar-refractivity contribution >= 4 is 15.9 Å². The maximum Gasteiger partial charge on any atom is 0.134 e. The van der Waals surface area contributed by atoms with Crippen LogP contribution >= 0.6 is 15.9 Å². The second-order valence-electron chi connectivity index (χ2n) is 4.53. The molecule has 0 aliphatic carbocycles. The number of rotatable bonds is 6. The highest BCUT2D eigenvalue weighted by Crippen LogP contribution is 2.26. The molecule has 0 aliphatic heterocycles. The molecular weight excluding hydrogens is 321 g/mol. The minimum absolute atomic E-state index is 0.280. The van der Waals surface area contributed by atoms with E-state index in [1.807, 2.05) is 7.05 Å². The lowest BCUT2D eigenvalue weighted by Gasteiger charge is -2.09. The van der Waals surface area contributed by atoms with Crippen LogP contribution < -0.4 is 10.1 Å². The first-order chi connectivity index (χ1) is 9.69. The Morgan fingerprint density at radius 2 is 1.80 bits per heavy atom. The van der Waals surface area contributed by atoms with Gasteiger partial charge >= 0.3 is 0 Å². The molecule has 2 aromatic carbocycles. The van der Waals surface area contributed by atoms with E-state index in [1.165, 1.54) is 17.7 Å². The fraction of sp³-hybridized carbons (Fsp3) is 0.250. The molecule has 0 atom stereocenters. The third kappa shape index (κ3) is 4.32. The van der Waals surface area contributed by atoms with Crippen molar-refractivity contribution in [2.24, 2.45) is 0 Å². The lowest BCUT2D eigenvalue weighted by molar-refractivity contribution is 0.303. The molecule has 0 aliphatic rings. The highest BCUT2D eigenvalue weighted by atomic mass is 79.9. The molecule has 0 saturated carbocycles. The average molecular weight is 338 g/mol. The fourth-order valence-electron chi connectivity index (χ4n) is 1.82. The van der Waals surface area contributed by atoms with Gasteiger partial charge in [0.25, 0.3) is 0 Å². The van der Waals surface area contributed by atoms with E-state index in [1.54, 1.807) is 6.07 Å². The lowest BCUT2D eigenvalue weighted by Crippen LogP contribution is -2.10. The number of halogens is 2. The number of benzene rings is 2. The average Bonchev–Trinajstić information content (AvgIpc) is 2.45. The van der Waals surface area contributed by atoms with Crippen molar-refractivity contribution < 1.29 is 9.13 Å². The molecule has 0 bridgehead atoms. The minimum Gasteiger partial charge on any atom is -0.488 e. The zero-order valence-electron chi connectivity index (χ0n) is 11.3. The monoisotopic (exact) mass is 337 g/mol. The van der Waals surface area contributed by atoms with Crippen LogP contribution in [0.2, 0.25) is 0 Å². The Balaban J connectivity index is 1.93. The maximum atomic E-state index is 13.0. The standard InChI is InChI=1S/C16H17BrFNO/c1-19-9-8-12-2-4-13(5-3-12)11-20-16-7-6-14(18)10-15(16)17/h2-7,10,19H,8-9,11H2,1H3. The number of nitrogens with one attached hydrogen (secondary N) is 1. The zero-order chi connectivity index (χ0) is 14.4. The van der Waals surface area contributed by atoms with E-state index in [4.69, 9.17) is 4.74 Å². The largest absolute Gasteiger partial charge is 0.488 e. The van der Waals surface area contributed by atoms with E-state index >= 15 is 0 Å². The van der Waals surface area contributed by atoms with Crippen LogP contribution in [0.1, 0.15) is 11.1 Å². The number of hydrogen-bond acceptors (Lipinski definition) is 2. The smallest absolute Gasteiger partial charge is 0.134 e. The third-order valence-electron chi connectivity index (χ3n) is 2.97. The van der Waals surface area contributed by atoms with Gasteiger partial charge in [0, 0.05) is 0 Å². The molecule has 0 fully saturated rings. The summed E-state index contributed by atoms with van der Waals surface area (Å²) in [7, 11) is 1.95. The predicted molar refractivity (Wildman–Crippen MR) is 82.5 cm³/mol. The Labute approximate surface area is 127 Å². The van der Waals surface area contributed by atoms with Gasteiger partial charge in [0.1, 0.15) is 18.2 Å². The molecule has 2 aromatic rings. The molecule has 0 spiro atoms. The first-order valence-electron chi connectivity index (χ1n) is 6.49. The zero-order valence-corrected chi connectivity index (χ0v) is 12.9. The summed E-state index contributed by atoms with van der Waals surface area (Å²) in [5.41, 5.74) is 2.39. The van der Waals surface area contributed by atoms with Gasteiger partial charge in [-0.15, -0.1) is 0 Å². The van der Waals surface area contributed by atoms with Gasteiger partial charge in [0.2, 0.25) is 0 Å². The molecule has 4 heteroatoms. The molecule has 0 unspecified atom stereocenters. The Bertz CT molecular complexity index is 557. The summed E-state index contributed by atoms with van der Waals surface area (Å²) < 4.78 is 19.3. The molecule has 0 aromatic heterocycles. The van der Waals surface area contributed by atoms with Crippen molar-refractivity contribution in [2.75, 3.05) is 13.6 Å². The summed E-state index contributed by atoms with van der Waals surface area (Å²) in [6.07, 6.45) is 1.02. The van der Waals surface area contributed by atoms with Crippen LogP contribution in [0.5, 0.6) is 5.75 Å². The lowest BCUT2D eigenvalue weighted by atomic mass is 10.1. The van der Waals surface area contributed by atoms with Crippen LogP contribution in [-0.2, 0) is 13.0 Å². The van der Waals surface area contributed by atoms with Gasteiger partial charge in [0.15, 0.2) is 0 Å². The summed E-state index contributed by atoms with van der Waals surface area (Å²) in [5.74, 6) is 0.365. The Hall–Kier alpha value is -1.39. The van der Waals surface area contributed by atoms with Gasteiger partial charge in [-0.2, -0.15) is 0 Å². The third-order valence-corrected chi connectivity index (χ3v) is 3.59. The van der Waals surface area contributed by atoms with Crippen LogP contribution in [0.4, 0.5) is 4.39 Å². The van der Waals surface area contributed by atoms with Crippen molar-refractivity contribution in [3.8, 4) is 5.75 Å². The van der Waals surface area contributed by atoms with E-state index in [-0.39, 0.29) is 5.82 Å². The highest BCUT2D eigenvalue weighted by molar-refractivity contribution is 9.10. The molecule has 20 heavy (non-hydrogen) atoms. The number of ether oxygens (including phenoxy) is 1. The van der Waals surface area contributed by atoms with Gasteiger partial charge in [-0.05, 0) is 65.3 Å². The second-order valence-corrected chi connectivity index (χ2v) is 5.39. The molecular formula is C16H17BrFNO. The van der Waals surface area contributed by atoms with Crippen molar-refractivity contribution in [3.63, 3.8) is 0 Å². The van der Waals surface area contributed by atoms with Crippen LogP contribution in [-0.4, -0.2) is 13.6 Å².